The van der Waals surface area contributed by atoms with Crippen molar-refractivity contribution in [2.45, 2.75) is 55.1 Å². The van der Waals surface area contributed by atoms with Crippen molar-refractivity contribution in [1.82, 2.24) is 16.0 Å². The molecule has 0 saturated carbocycles. The lowest BCUT2D eigenvalue weighted by Crippen LogP contribution is -2.41. The third-order valence-electron chi connectivity index (χ3n) is 4.44. The van der Waals surface area contributed by atoms with Crippen molar-refractivity contribution in [3.8, 4) is 11.5 Å². The van der Waals surface area contributed by atoms with Gasteiger partial charge >= 0.3 is 11.9 Å². The number of hydrogen-bond donors (Lipinski definition) is 7. The number of likely N-dealkylation sites (N-methyl/N-ethyl adjacent to an activating group) is 1. The van der Waals surface area contributed by atoms with Crippen molar-refractivity contribution in [3.05, 3.63) is 11.6 Å². The normalized spacial score (nSPS) is 13.6. The number of rotatable bonds is 13. The van der Waals surface area contributed by atoms with E-state index in [4.69, 9.17) is 0 Å². The minimum atomic E-state index is -1.24. The first-order valence-corrected chi connectivity index (χ1v) is 11.8. The minimum absolute atomic E-state index is 0.0390. The Morgan fingerprint density at radius 3 is 1.82 bits per heavy atom. The number of carbonyl (C=O) groups excluding carboxylic acids is 2. The molecule has 0 unspecified atom stereocenters. The molecular weight excluding hydrogens is 474 g/mol. The molecule has 0 saturated heterocycles. The average molecular weight is 504 g/mol. The van der Waals surface area contributed by atoms with E-state index in [0.29, 0.717) is 12.0 Å². The molecule has 0 heterocycles. The smallest absolute Gasteiger partial charge is 0.327 e. The van der Waals surface area contributed by atoms with Crippen LogP contribution in [0.25, 0.3) is 0 Å². The van der Waals surface area contributed by atoms with Gasteiger partial charge in [-0.05, 0) is 32.0 Å². The first-order chi connectivity index (χ1) is 15.4. The lowest BCUT2D eigenvalue weighted by atomic mass is 10.1. The maximum absolute atomic E-state index is 11.4. The number of carboxylic acids is 2. The van der Waals surface area contributed by atoms with E-state index in [1.165, 1.54) is 13.8 Å². The summed E-state index contributed by atoms with van der Waals surface area (Å²) in [5, 5.41) is 47.5. The summed E-state index contributed by atoms with van der Waals surface area (Å²) in [5.41, 5.74) is 0.595. The fraction of sp³-hybridized carbons (Fsp3) is 0.500. The zero-order valence-corrected chi connectivity index (χ0v) is 20.3. The number of benzene rings is 1. The van der Waals surface area contributed by atoms with Gasteiger partial charge in [-0.15, -0.1) is 23.5 Å². The molecule has 0 fully saturated rings. The van der Waals surface area contributed by atoms with E-state index in [9.17, 15) is 39.6 Å². The number of thioether (sulfide) groups is 2. The molecule has 0 spiro atoms. The van der Waals surface area contributed by atoms with Crippen molar-refractivity contribution in [2.75, 3.05) is 18.6 Å². The quantitative estimate of drug-likeness (QED) is 0.148. The number of hydrogen-bond acceptors (Lipinski definition) is 9. The van der Waals surface area contributed by atoms with Crippen molar-refractivity contribution in [1.29, 1.82) is 0 Å². The van der Waals surface area contributed by atoms with Crippen LogP contribution in [0.2, 0.25) is 0 Å². The molecule has 13 heteroatoms. The van der Waals surface area contributed by atoms with Gasteiger partial charge in [0.1, 0.15) is 12.1 Å². The molecule has 0 bridgehead atoms. The average Bonchev–Trinajstić information content (AvgIpc) is 2.71. The van der Waals surface area contributed by atoms with Gasteiger partial charge in [0.25, 0.3) is 0 Å². The second kappa shape index (κ2) is 13.2. The Bertz CT molecular complexity index is 897. The molecule has 33 heavy (non-hydrogen) atoms. The zero-order chi connectivity index (χ0) is 25.3. The van der Waals surface area contributed by atoms with Gasteiger partial charge in [0, 0.05) is 31.4 Å². The standard InChI is InChI=1S/C20H29N3O8S2/c1-9(21-4)5-12-6-15(32-7-13(19(28)29)22-10(2)24)16(26)17(27)18(12)33-8-14(20(30)31)23-11(3)25/h6,9,13-14,21,26-27H,5,7-8H2,1-4H3,(H,22,24)(H,23,25)(H,28,29)(H,30,31)/t9-,13+,14+/m0/s1. The predicted octanol–water partition coefficient (Wildman–Crippen LogP) is 0.611. The Morgan fingerprint density at radius 2 is 1.39 bits per heavy atom. The van der Waals surface area contributed by atoms with Crippen LogP contribution in [0, 0.1) is 0 Å². The lowest BCUT2D eigenvalue weighted by molar-refractivity contribution is -0.141. The molecule has 0 aliphatic heterocycles. The summed E-state index contributed by atoms with van der Waals surface area (Å²) in [6.07, 6.45) is 0.409. The van der Waals surface area contributed by atoms with Crippen LogP contribution >= 0.6 is 23.5 Å². The van der Waals surface area contributed by atoms with Gasteiger partial charge in [-0.25, -0.2) is 9.59 Å². The molecule has 2 amide bonds. The highest BCUT2D eigenvalue weighted by molar-refractivity contribution is 8.00. The molecule has 1 rings (SSSR count). The highest BCUT2D eigenvalue weighted by Gasteiger charge is 2.25. The van der Waals surface area contributed by atoms with Crippen molar-refractivity contribution >= 4 is 47.3 Å². The molecule has 0 radical (unpaired) electrons. The lowest BCUT2D eigenvalue weighted by Gasteiger charge is -2.20. The Morgan fingerprint density at radius 1 is 0.909 bits per heavy atom. The summed E-state index contributed by atoms with van der Waals surface area (Å²) in [6, 6.07) is -0.845. The highest BCUT2D eigenvalue weighted by Crippen LogP contribution is 2.45. The largest absolute Gasteiger partial charge is 0.503 e. The highest BCUT2D eigenvalue weighted by atomic mass is 32.2. The van der Waals surface area contributed by atoms with Crippen LogP contribution in [0.4, 0.5) is 0 Å². The zero-order valence-electron chi connectivity index (χ0n) is 18.7. The van der Waals surface area contributed by atoms with Crippen LogP contribution in [0.3, 0.4) is 0 Å². The van der Waals surface area contributed by atoms with Gasteiger partial charge in [-0.3, -0.25) is 9.59 Å². The third kappa shape index (κ3) is 9.02. The van der Waals surface area contributed by atoms with Crippen LogP contribution in [0.15, 0.2) is 15.9 Å². The number of carboxylic acid groups (broad SMARTS) is 2. The summed E-state index contributed by atoms with van der Waals surface area (Å²) >= 11 is 1.92. The Kier molecular flexibility index (Phi) is 11.3. The molecule has 0 aliphatic carbocycles. The number of aliphatic carboxylic acids is 2. The van der Waals surface area contributed by atoms with E-state index in [-0.39, 0.29) is 27.3 Å². The fourth-order valence-electron chi connectivity index (χ4n) is 2.70. The summed E-state index contributed by atoms with van der Waals surface area (Å²) < 4.78 is 0. The van der Waals surface area contributed by atoms with Gasteiger partial charge in [0.15, 0.2) is 11.5 Å². The summed E-state index contributed by atoms with van der Waals surface area (Å²) in [6.45, 7) is 4.28. The first kappa shape index (κ1) is 28.4. The van der Waals surface area contributed by atoms with E-state index in [0.717, 1.165) is 23.5 Å². The fourth-order valence-corrected chi connectivity index (χ4v) is 4.85. The second-order valence-electron chi connectivity index (χ2n) is 7.26. The van der Waals surface area contributed by atoms with Crippen LogP contribution in [-0.4, -0.2) is 80.9 Å². The van der Waals surface area contributed by atoms with E-state index in [1.807, 2.05) is 6.92 Å². The summed E-state index contributed by atoms with van der Waals surface area (Å²) in [7, 11) is 1.75. The molecule has 1 aromatic rings. The molecule has 0 aliphatic rings. The predicted molar refractivity (Wildman–Crippen MR) is 124 cm³/mol. The second-order valence-corrected chi connectivity index (χ2v) is 9.35. The SMILES string of the molecule is CN[C@@H](C)Cc1cc(SC[C@@H](NC(C)=O)C(=O)O)c(O)c(O)c1SC[C@@H](NC(C)=O)C(=O)O. The van der Waals surface area contributed by atoms with Crippen LogP contribution in [0.1, 0.15) is 26.3 Å². The van der Waals surface area contributed by atoms with Crippen molar-refractivity contribution < 1.29 is 39.6 Å². The molecule has 11 nitrogen and oxygen atoms in total. The van der Waals surface area contributed by atoms with E-state index < -0.39 is 47.3 Å². The molecule has 7 N–H and O–H groups in total. The van der Waals surface area contributed by atoms with Crippen molar-refractivity contribution in [3.63, 3.8) is 0 Å². The van der Waals surface area contributed by atoms with Gasteiger partial charge < -0.3 is 36.4 Å². The maximum Gasteiger partial charge on any atom is 0.327 e. The Labute approximate surface area is 199 Å². The first-order valence-electron chi connectivity index (χ1n) is 9.87. The number of carbonyl (C=O) groups is 4. The molecule has 0 aromatic heterocycles. The Hall–Kier alpha value is -2.64. The summed E-state index contributed by atoms with van der Waals surface area (Å²) in [5.74, 6) is -4.66. The number of phenols is 2. The monoisotopic (exact) mass is 503 g/mol. The van der Waals surface area contributed by atoms with Gasteiger partial charge in [-0.1, -0.05) is 0 Å². The maximum atomic E-state index is 11.4. The topological polar surface area (TPSA) is 185 Å². The number of nitrogens with one attached hydrogen (secondary N) is 3. The van der Waals surface area contributed by atoms with E-state index >= 15 is 0 Å². The Balaban J connectivity index is 3.25. The minimum Gasteiger partial charge on any atom is -0.503 e. The summed E-state index contributed by atoms with van der Waals surface area (Å²) in [4.78, 5) is 45.8. The van der Waals surface area contributed by atoms with Crippen LogP contribution < -0.4 is 16.0 Å². The van der Waals surface area contributed by atoms with Gasteiger partial charge in [0.05, 0.1) is 9.79 Å². The van der Waals surface area contributed by atoms with Gasteiger partial charge in [0.2, 0.25) is 11.8 Å². The molecule has 3 atom stereocenters. The number of amides is 2. The molecular formula is C20H29N3O8S2. The van der Waals surface area contributed by atoms with Crippen molar-refractivity contribution in [2.24, 2.45) is 0 Å². The van der Waals surface area contributed by atoms with Crippen LogP contribution in [-0.2, 0) is 25.6 Å². The molecule has 1 aromatic carbocycles. The van der Waals surface area contributed by atoms with E-state index in [2.05, 4.69) is 16.0 Å². The number of phenolic OH excluding ortho intramolecular Hbond substituents is 2. The van der Waals surface area contributed by atoms with Gasteiger partial charge in [-0.2, -0.15) is 0 Å². The third-order valence-corrected chi connectivity index (χ3v) is 6.81. The number of aromatic hydroxyl groups is 2. The van der Waals surface area contributed by atoms with E-state index in [1.54, 1.807) is 13.1 Å². The molecule has 184 valence electrons. The van der Waals surface area contributed by atoms with Crippen LogP contribution in [0.5, 0.6) is 11.5 Å².